The molecule has 2 N–H and O–H groups in total. The van der Waals surface area contributed by atoms with Crippen molar-refractivity contribution in [1.82, 2.24) is 5.32 Å². The molecule has 6 nitrogen and oxygen atoms in total. The van der Waals surface area contributed by atoms with Crippen LogP contribution < -0.4 is 5.32 Å². The molecule has 1 aromatic rings. The minimum Gasteiger partial charge on any atom is -0.481 e. The fourth-order valence-corrected chi connectivity index (χ4v) is 3.34. The van der Waals surface area contributed by atoms with Gasteiger partial charge in [0.1, 0.15) is 6.61 Å². The molecule has 1 heterocycles. The molecule has 2 aliphatic rings. The zero-order valence-corrected chi connectivity index (χ0v) is 12.2. The first-order chi connectivity index (χ1) is 10.6. The Morgan fingerprint density at radius 1 is 1.32 bits per heavy atom. The summed E-state index contributed by atoms with van der Waals surface area (Å²) in [4.78, 5) is 22.9. The second-order valence-electron chi connectivity index (χ2n) is 6.02. The molecule has 3 atom stereocenters. The molecule has 0 aromatic heterocycles. The number of aliphatic carboxylic acids is 1. The predicted octanol–water partition coefficient (Wildman–Crippen LogP) is 1.79. The Morgan fingerprint density at radius 3 is 2.77 bits per heavy atom. The van der Waals surface area contributed by atoms with Crippen molar-refractivity contribution in [1.29, 1.82) is 0 Å². The highest BCUT2D eigenvalue weighted by Gasteiger charge is 2.54. The smallest absolute Gasteiger partial charge is 0.407 e. The van der Waals surface area contributed by atoms with Gasteiger partial charge in [-0.15, -0.1) is 0 Å². The van der Waals surface area contributed by atoms with Gasteiger partial charge in [-0.3, -0.25) is 4.79 Å². The molecule has 1 saturated heterocycles. The molecule has 0 radical (unpaired) electrons. The van der Waals surface area contributed by atoms with E-state index in [0.717, 1.165) is 5.56 Å². The number of amides is 1. The van der Waals surface area contributed by atoms with Gasteiger partial charge >= 0.3 is 12.1 Å². The van der Waals surface area contributed by atoms with Gasteiger partial charge in [-0.25, -0.2) is 4.79 Å². The Morgan fingerprint density at radius 2 is 2.09 bits per heavy atom. The Balaban J connectivity index is 1.46. The lowest BCUT2D eigenvalue weighted by Gasteiger charge is -2.28. The normalized spacial score (nSPS) is 29.3. The van der Waals surface area contributed by atoms with Crippen LogP contribution in [0.4, 0.5) is 4.79 Å². The lowest BCUT2D eigenvalue weighted by Crippen LogP contribution is -2.43. The maximum atomic E-state index is 11.8. The SMILES string of the molecule is O=C(NC[C@]12C[C@@H](CO1)[C@H](C(=O)O)C2)OCc1ccccc1. The molecule has 2 bridgehead atoms. The van der Waals surface area contributed by atoms with E-state index in [0.29, 0.717) is 26.0 Å². The van der Waals surface area contributed by atoms with Crippen molar-refractivity contribution in [2.75, 3.05) is 13.2 Å². The molecule has 0 spiro atoms. The van der Waals surface area contributed by atoms with Crippen LogP contribution in [0.2, 0.25) is 0 Å². The van der Waals surface area contributed by atoms with Crippen molar-refractivity contribution in [3.05, 3.63) is 35.9 Å². The van der Waals surface area contributed by atoms with E-state index in [-0.39, 0.29) is 18.4 Å². The van der Waals surface area contributed by atoms with Gasteiger partial charge in [0.15, 0.2) is 0 Å². The summed E-state index contributed by atoms with van der Waals surface area (Å²) in [5.41, 5.74) is 0.374. The number of benzene rings is 1. The fraction of sp³-hybridized carbons (Fsp3) is 0.500. The van der Waals surface area contributed by atoms with Gasteiger partial charge in [0.05, 0.1) is 18.1 Å². The van der Waals surface area contributed by atoms with Crippen molar-refractivity contribution in [3.8, 4) is 0 Å². The highest BCUT2D eigenvalue weighted by atomic mass is 16.5. The minimum absolute atomic E-state index is 0.0552. The summed E-state index contributed by atoms with van der Waals surface area (Å²) >= 11 is 0. The van der Waals surface area contributed by atoms with Gasteiger partial charge in [-0.2, -0.15) is 0 Å². The first-order valence-corrected chi connectivity index (χ1v) is 7.39. The Labute approximate surface area is 128 Å². The number of carbonyl (C=O) groups is 2. The summed E-state index contributed by atoms with van der Waals surface area (Å²) < 4.78 is 10.8. The van der Waals surface area contributed by atoms with Crippen LogP contribution >= 0.6 is 0 Å². The van der Waals surface area contributed by atoms with Crippen LogP contribution in [0.1, 0.15) is 18.4 Å². The van der Waals surface area contributed by atoms with Crippen molar-refractivity contribution in [2.45, 2.75) is 25.0 Å². The van der Waals surface area contributed by atoms with Crippen LogP contribution in [0.5, 0.6) is 0 Å². The molecule has 1 saturated carbocycles. The second-order valence-corrected chi connectivity index (χ2v) is 6.02. The summed E-state index contributed by atoms with van der Waals surface area (Å²) in [7, 11) is 0. The number of hydrogen-bond donors (Lipinski definition) is 2. The molecule has 3 rings (SSSR count). The van der Waals surface area contributed by atoms with E-state index in [2.05, 4.69) is 5.32 Å². The van der Waals surface area contributed by atoms with Crippen LogP contribution in [-0.2, 0) is 20.9 Å². The Kier molecular flexibility index (Phi) is 4.02. The molecular weight excluding hydrogens is 286 g/mol. The molecule has 2 fully saturated rings. The van der Waals surface area contributed by atoms with E-state index in [1.54, 1.807) is 0 Å². The van der Waals surface area contributed by atoms with E-state index in [9.17, 15) is 9.59 Å². The van der Waals surface area contributed by atoms with E-state index in [1.165, 1.54) is 0 Å². The average molecular weight is 305 g/mol. The molecular formula is C16H19NO5. The lowest BCUT2D eigenvalue weighted by atomic mass is 9.96. The fourth-order valence-electron chi connectivity index (χ4n) is 3.34. The number of carboxylic acids is 1. The van der Waals surface area contributed by atoms with E-state index >= 15 is 0 Å². The van der Waals surface area contributed by atoms with Gasteiger partial charge in [0.2, 0.25) is 0 Å². The topological polar surface area (TPSA) is 84.9 Å². The average Bonchev–Trinajstić information content (AvgIpc) is 3.11. The number of carboxylic acid groups (broad SMARTS) is 1. The highest BCUT2D eigenvalue weighted by Crippen LogP contribution is 2.47. The lowest BCUT2D eigenvalue weighted by molar-refractivity contribution is -0.147. The Hall–Kier alpha value is -2.08. The van der Waals surface area contributed by atoms with Crippen LogP contribution in [0.15, 0.2) is 30.3 Å². The predicted molar refractivity (Wildman–Crippen MR) is 77.2 cm³/mol. The van der Waals surface area contributed by atoms with Crippen molar-refractivity contribution in [2.24, 2.45) is 11.8 Å². The molecule has 22 heavy (non-hydrogen) atoms. The van der Waals surface area contributed by atoms with E-state index in [4.69, 9.17) is 14.6 Å². The molecule has 1 aliphatic carbocycles. The number of ether oxygens (including phenoxy) is 2. The number of carbonyl (C=O) groups excluding carboxylic acids is 1. The maximum Gasteiger partial charge on any atom is 0.407 e. The molecule has 0 unspecified atom stereocenters. The van der Waals surface area contributed by atoms with Gasteiger partial charge in [0.25, 0.3) is 0 Å². The second kappa shape index (κ2) is 5.96. The van der Waals surface area contributed by atoms with Crippen LogP contribution in [0, 0.1) is 11.8 Å². The summed E-state index contributed by atoms with van der Waals surface area (Å²) in [5.74, 6) is -1.09. The number of rotatable bonds is 5. The molecule has 6 heteroatoms. The molecule has 118 valence electrons. The largest absolute Gasteiger partial charge is 0.481 e. The van der Waals surface area contributed by atoms with Gasteiger partial charge in [-0.1, -0.05) is 30.3 Å². The van der Waals surface area contributed by atoms with E-state index < -0.39 is 17.7 Å². The summed E-state index contributed by atoms with van der Waals surface area (Å²) in [6.07, 6.45) is 0.624. The van der Waals surface area contributed by atoms with Gasteiger partial charge in [0, 0.05) is 6.54 Å². The zero-order chi connectivity index (χ0) is 15.6. The Bertz CT molecular complexity index is 561. The van der Waals surface area contributed by atoms with Crippen LogP contribution in [-0.4, -0.2) is 35.9 Å². The highest BCUT2D eigenvalue weighted by molar-refractivity contribution is 5.71. The number of hydrogen-bond acceptors (Lipinski definition) is 4. The first-order valence-electron chi connectivity index (χ1n) is 7.39. The van der Waals surface area contributed by atoms with Crippen molar-refractivity contribution >= 4 is 12.1 Å². The third-order valence-electron chi connectivity index (χ3n) is 4.48. The first kappa shape index (κ1) is 14.8. The quantitative estimate of drug-likeness (QED) is 0.866. The zero-order valence-electron chi connectivity index (χ0n) is 12.2. The summed E-state index contributed by atoms with van der Waals surface area (Å²) in [5, 5.41) is 11.9. The molecule has 1 aliphatic heterocycles. The van der Waals surface area contributed by atoms with Crippen LogP contribution in [0.3, 0.4) is 0 Å². The van der Waals surface area contributed by atoms with Crippen LogP contribution in [0.25, 0.3) is 0 Å². The number of nitrogens with one attached hydrogen (secondary N) is 1. The van der Waals surface area contributed by atoms with Gasteiger partial charge < -0.3 is 19.9 Å². The van der Waals surface area contributed by atoms with Crippen molar-refractivity contribution in [3.63, 3.8) is 0 Å². The standard InChI is InChI=1S/C16H19NO5/c18-14(19)13-7-16(6-12(13)9-22-16)10-17-15(20)21-8-11-4-2-1-3-5-11/h1-5,12-13H,6-10H2,(H,17,20)(H,18,19)/t12-,13+,16+/m0/s1. The number of fused-ring (bicyclic) bond motifs is 2. The summed E-state index contributed by atoms with van der Waals surface area (Å²) in [6, 6.07) is 9.42. The monoisotopic (exact) mass is 305 g/mol. The maximum absolute atomic E-state index is 11.8. The summed E-state index contributed by atoms with van der Waals surface area (Å²) in [6.45, 7) is 0.958. The third kappa shape index (κ3) is 3.06. The van der Waals surface area contributed by atoms with E-state index in [1.807, 2.05) is 30.3 Å². The minimum atomic E-state index is -0.776. The van der Waals surface area contributed by atoms with Crippen molar-refractivity contribution < 1.29 is 24.2 Å². The van der Waals surface area contributed by atoms with Gasteiger partial charge in [-0.05, 0) is 24.3 Å². The molecule has 1 aromatic carbocycles. The molecule has 1 amide bonds. The number of alkyl carbamates (subject to hydrolysis) is 1. The third-order valence-corrected chi connectivity index (χ3v) is 4.48.